The maximum Gasteiger partial charge on any atom is 0.157 e. The third-order valence-corrected chi connectivity index (χ3v) is 4.77. The minimum Gasteiger partial charge on any atom is -0.387 e. The van der Waals surface area contributed by atoms with Crippen LogP contribution in [0.3, 0.4) is 0 Å². The lowest BCUT2D eigenvalue weighted by molar-refractivity contribution is 0.201. The number of aliphatic hydroxyl groups excluding tert-OH is 1. The van der Waals surface area contributed by atoms with Crippen molar-refractivity contribution in [3.05, 3.63) is 71.0 Å². The first-order valence-corrected chi connectivity index (χ1v) is 8.37. The van der Waals surface area contributed by atoms with Crippen molar-refractivity contribution in [2.75, 3.05) is 5.75 Å². The Bertz CT molecular complexity index is 691. The summed E-state index contributed by atoms with van der Waals surface area (Å²) in [5.74, 6) is -0.972. The molecule has 0 radical (unpaired) electrons. The second-order valence-electron chi connectivity index (χ2n) is 5.11. The van der Waals surface area contributed by atoms with Crippen LogP contribution in [0.1, 0.15) is 22.8 Å². The lowest BCUT2D eigenvalue weighted by Gasteiger charge is -2.12. The number of benzene rings is 2. The minimum atomic E-state index is -3.48. The van der Waals surface area contributed by atoms with Crippen molar-refractivity contribution in [3.8, 4) is 0 Å². The molecule has 0 saturated carbocycles. The molecule has 3 nitrogen and oxygen atoms in total. The molecule has 2 rings (SSSR count). The molecule has 0 aliphatic rings. The van der Waals surface area contributed by atoms with Gasteiger partial charge in [-0.25, -0.2) is 12.8 Å². The largest absolute Gasteiger partial charge is 0.387 e. The van der Waals surface area contributed by atoms with E-state index in [9.17, 15) is 17.9 Å². The minimum absolute atomic E-state index is 0.212. The number of hydrogen-bond acceptors (Lipinski definition) is 3. The summed E-state index contributed by atoms with van der Waals surface area (Å²) in [7, 11) is -3.48. The van der Waals surface area contributed by atoms with Crippen LogP contribution in [0.4, 0.5) is 4.39 Å². The summed E-state index contributed by atoms with van der Waals surface area (Å²) in [4.78, 5) is 0. The second kappa shape index (κ2) is 6.37. The van der Waals surface area contributed by atoms with Crippen LogP contribution >= 0.6 is 0 Å². The summed E-state index contributed by atoms with van der Waals surface area (Å²) >= 11 is 0. The third-order valence-electron chi connectivity index (χ3n) is 3.17. The number of sulfone groups is 1. The summed E-state index contributed by atoms with van der Waals surface area (Å²) in [6, 6.07) is 12.4. The molecule has 21 heavy (non-hydrogen) atoms. The molecule has 5 heteroatoms. The van der Waals surface area contributed by atoms with E-state index in [0.29, 0.717) is 11.1 Å². The molecular formula is C16H17FO3S. The van der Waals surface area contributed by atoms with Crippen LogP contribution in [0.25, 0.3) is 0 Å². The highest BCUT2D eigenvalue weighted by molar-refractivity contribution is 7.90. The van der Waals surface area contributed by atoms with Crippen molar-refractivity contribution in [2.45, 2.75) is 18.8 Å². The fourth-order valence-corrected chi connectivity index (χ4v) is 3.51. The standard InChI is InChI=1S/C16H17FO3S/c1-12-2-6-14(7-3-12)16(18)11-21(19,20)10-13-4-8-15(17)9-5-13/h2-9,16,18H,10-11H2,1H3. The van der Waals surface area contributed by atoms with Crippen LogP contribution in [-0.2, 0) is 15.6 Å². The number of aliphatic hydroxyl groups is 1. The molecule has 0 aromatic heterocycles. The third kappa shape index (κ3) is 4.65. The topological polar surface area (TPSA) is 54.4 Å². The Morgan fingerprint density at radius 1 is 1.05 bits per heavy atom. The first-order valence-electron chi connectivity index (χ1n) is 6.55. The molecule has 0 fully saturated rings. The summed E-state index contributed by atoms with van der Waals surface area (Å²) < 4.78 is 37.0. The molecule has 2 aromatic carbocycles. The first kappa shape index (κ1) is 15.7. The van der Waals surface area contributed by atoms with Gasteiger partial charge in [0.05, 0.1) is 17.6 Å². The maximum absolute atomic E-state index is 12.8. The highest BCUT2D eigenvalue weighted by Gasteiger charge is 2.19. The van der Waals surface area contributed by atoms with Gasteiger partial charge in [-0.2, -0.15) is 0 Å². The average Bonchev–Trinajstić information content (AvgIpc) is 2.41. The van der Waals surface area contributed by atoms with Crippen molar-refractivity contribution in [3.63, 3.8) is 0 Å². The monoisotopic (exact) mass is 308 g/mol. The van der Waals surface area contributed by atoms with E-state index in [1.165, 1.54) is 24.3 Å². The van der Waals surface area contributed by atoms with Crippen LogP contribution in [-0.4, -0.2) is 19.3 Å². The fraction of sp³-hybridized carbons (Fsp3) is 0.250. The highest BCUT2D eigenvalue weighted by atomic mass is 32.2. The number of hydrogen-bond donors (Lipinski definition) is 1. The summed E-state index contributed by atoms with van der Waals surface area (Å²) in [5, 5.41) is 10.0. The fourth-order valence-electron chi connectivity index (χ4n) is 2.02. The Kier molecular flexibility index (Phi) is 4.75. The molecule has 112 valence electrons. The zero-order chi connectivity index (χ0) is 15.5. The van der Waals surface area contributed by atoms with Gasteiger partial charge in [0.25, 0.3) is 0 Å². The van der Waals surface area contributed by atoms with Crippen molar-refractivity contribution >= 4 is 9.84 Å². The van der Waals surface area contributed by atoms with E-state index >= 15 is 0 Å². The SMILES string of the molecule is Cc1ccc(C(O)CS(=O)(=O)Cc2ccc(F)cc2)cc1. The van der Waals surface area contributed by atoms with Gasteiger partial charge in [-0.05, 0) is 30.2 Å². The molecule has 0 bridgehead atoms. The average molecular weight is 308 g/mol. The smallest absolute Gasteiger partial charge is 0.157 e. The molecule has 0 aliphatic carbocycles. The molecule has 0 spiro atoms. The van der Waals surface area contributed by atoms with Crippen LogP contribution in [0, 0.1) is 12.7 Å². The van der Waals surface area contributed by atoms with Gasteiger partial charge >= 0.3 is 0 Å². The van der Waals surface area contributed by atoms with Gasteiger partial charge in [-0.3, -0.25) is 0 Å². The van der Waals surface area contributed by atoms with Gasteiger partial charge in [0.1, 0.15) is 5.82 Å². The van der Waals surface area contributed by atoms with E-state index in [2.05, 4.69) is 0 Å². The maximum atomic E-state index is 12.8. The van der Waals surface area contributed by atoms with Gasteiger partial charge in [0.2, 0.25) is 0 Å². The van der Waals surface area contributed by atoms with Crippen LogP contribution in [0.2, 0.25) is 0 Å². The Morgan fingerprint density at radius 3 is 2.19 bits per heavy atom. The quantitative estimate of drug-likeness (QED) is 0.924. The molecule has 2 aromatic rings. The molecular weight excluding hydrogens is 291 g/mol. The van der Waals surface area contributed by atoms with Gasteiger partial charge in [-0.1, -0.05) is 42.0 Å². The van der Waals surface area contributed by atoms with E-state index in [4.69, 9.17) is 0 Å². The summed E-state index contributed by atoms with van der Waals surface area (Å²) in [5.41, 5.74) is 2.12. The van der Waals surface area contributed by atoms with Crippen LogP contribution in [0.5, 0.6) is 0 Å². The predicted octanol–water partition coefficient (Wildman–Crippen LogP) is 2.78. The lowest BCUT2D eigenvalue weighted by Crippen LogP contribution is -2.16. The molecule has 1 atom stereocenters. The molecule has 0 aliphatic heterocycles. The van der Waals surface area contributed by atoms with Crippen molar-refractivity contribution in [1.82, 2.24) is 0 Å². The number of aryl methyl sites for hydroxylation is 1. The first-order chi connectivity index (χ1) is 9.85. The molecule has 1 unspecified atom stereocenters. The van der Waals surface area contributed by atoms with Crippen molar-refractivity contribution < 1.29 is 17.9 Å². The van der Waals surface area contributed by atoms with E-state index in [1.807, 2.05) is 19.1 Å². The predicted molar refractivity (Wildman–Crippen MR) is 80.0 cm³/mol. The molecule has 1 N–H and O–H groups in total. The van der Waals surface area contributed by atoms with Gasteiger partial charge in [-0.15, -0.1) is 0 Å². The molecule has 0 amide bonds. The van der Waals surface area contributed by atoms with Crippen molar-refractivity contribution in [2.24, 2.45) is 0 Å². The number of halogens is 1. The van der Waals surface area contributed by atoms with Gasteiger partial charge in [0.15, 0.2) is 9.84 Å². The van der Waals surface area contributed by atoms with Crippen molar-refractivity contribution in [1.29, 1.82) is 0 Å². The van der Waals surface area contributed by atoms with E-state index < -0.39 is 21.8 Å². The second-order valence-corrected chi connectivity index (χ2v) is 7.22. The molecule has 0 saturated heterocycles. The molecule has 0 heterocycles. The van der Waals surface area contributed by atoms with Crippen LogP contribution < -0.4 is 0 Å². The summed E-state index contributed by atoms with van der Waals surface area (Å²) in [6.45, 7) is 1.92. The van der Waals surface area contributed by atoms with Crippen LogP contribution in [0.15, 0.2) is 48.5 Å². The van der Waals surface area contributed by atoms with E-state index in [0.717, 1.165) is 5.56 Å². The van der Waals surface area contributed by atoms with Gasteiger partial charge in [0, 0.05) is 0 Å². The number of rotatable bonds is 5. The normalized spacial score (nSPS) is 13.1. The van der Waals surface area contributed by atoms with E-state index in [-0.39, 0.29) is 11.5 Å². The van der Waals surface area contributed by atoms with Gasteiger partial charge < -0.3 is 5.11 Å². The zero-order valence-electron chi connectivity index (χ0n) is 11.7. The zero-order valence-corrected chi connectivity index (χ0v) is 12.5. The Labute approximate surface area is 124 Å². The Morgan fingerprint density at radius 2 is 1.62 bits per heavy atom. The Hall–Kier alpha value is -1.72. The highest BCUT2D eigenvalue weighted by Crippen LogP contribution is 2.18. The Balaban J connectivity index is 2.06. The summed E-state index contributed by atoms with van der Waals surface area (Å²) in [6.07, 6.45) is -1.06. The lowest BCUT2D eigenvalue weighted by atomic mass is 10.1. The van der Waals surface area contributed by atoms with E-state index in [1.54, 1.807) is 12.1 Å².